The third-order valence-corrected chi connectivity index (χ3v) is 3.46. The van der Waals surface area contributed by atoms with Gasteiger partial charge in [0.1, 0.15) is 11.5 Å². The first kappa shape index (κ1) is 18.9. The molecular formula is C17H23F2NO3. The summed E-state index contributed by atoms with van der Waals surface area (Å²) in [5, 5.41) is 0. The number of methoxy groups -OCH3 is 2. The largest absolute Gasteiger partial charge is 0.497 e. The van der Waals surface area contributed by atoms with Gasteiger partial charge >= 0.3 is 0 Å². The van der Waals surface area contributed by atoms with Gasteiger partial charge in [-0.2, -0.15) is 8.78 Å². The molecule has 1 fully saturated rings. The van der Waals surface area contributed by atoms with Gasteiger partial charge in [-0.05, 0) is 18.2 Å². The maximum atomic E-state index is 12.3. The van der Waals surface area contributed by atoms with Crippen LogP contribution in [0.5, 0.6) is 11.5 Å². The van der Waals surface area contributed by atoms with Gasteiger partial charge < -0.3 is 14.4 Å². The average molecular weight is 327 g/mol. The summed E-state index contributed by atoms with van der Waals surface area (Å²) in [6.07, 6.45) is -0.768. The van der Waals surface area contributed by atoms with Crippen molar-refractivity contribution in [3.8, 4) is 11.5 Å². The number of hydrogen-bond acceptors (Lipinski definition) is 3. The number of ether oxygens (including phenoxy) is 2. The van der Waals surface area contributed by atoms with E-state index < -0.39 is 12.0 Å². The summed E-state index contributed by atoms with van der Waals surface area (Å²) in [5.74, 6) is 0.712. The highest BCUT2D eigenvalue weighted by atomic mass is 19.3. The summed E-state index contributed by atoms with van der Waals surface area (Å²) in [4.78, 5) is 13.4. The lowest BCUT2D eigenvalue weighted by Crippen LogP contribution is -2.24. The van der Waals surface area contributed by atoms with Crippen molar-refractivity contribution in [2.45, 2.75) is 26.8 Å². The summed E-state index contributed by atoms with van der Waals surface area (Å²) < 4.78 is 34.9. The Kier molecular flexibility index (Phi) is 7.51. The predicted octanol–water partition coefficient (Wildman–Crippen LogP) is 3.86. The molecule has 4 nitrogen and oxygen atoms in total. The molecule has 0 spiro atoms. The fourth-order valence-corrected chi connectivity index (χ4v) is 2.43. The van der Waals surface area contributed by atoms with Gasteiger partial charge in [-0.3, -0.25) is 4.79 Å². The first-order valence-electron chi connectivity index (χ1n) is 7.55. The van der Waals surface area contributed by atoms with Crippen LogP contribution in [0.25, 0.3) is 0 Å². The van der Waals surface area contributed by atoms with E-state index in [0.29, 0.717) is 24.6 Å². The third kappa shape index (κ3) is 5.23. The molecule has 1 aliphatic rings. The minimum Gasteiger partial charge on any atom is -0.497 e. The zero-order valence-corrected chi connectivity index (χ0v) is 13.9. The van der Waals surface area contributed by atoms with Crippen molar-refractivity contribution in [2.75, 3.05) is 20.8 Å². The molecule has 0 aromatic heterocycles. The lowest BCUT2D eigenvalue weighted by molar-refractivity contribution is -0.128. The quantitative estimate of drug-likeness (QED) is 0.824. The summed E-state index contributed by atoms with van der Waals surface area (Å²) in [5.41, 5.74) is 0.817. The SMILES string of the molecule is CC.COc1ccc(CN2C[C@@H](C=C(F)F)CC2=O)c(OC)c1. The van der Waals surface area contributed by atoms with E-state index in [1.165, 1.54) is 7.11 Å². The zero-order chi connectivity index (χ0) is 17.4. The highest BCUT2D eigenvalue weighted by Crippen LogP contribution is 2.28. The monoisotopic (exact) mass is 327 g/mol. The van der Waals surface area contributed by atoms with Crippen LogP contribution in [0.3, 0.4) is 0 Å². The highest BCUT2D eigenvalue weighted by Gasteiger charge is 2.29. The Morgan fingerprint density at radius 2 is 2.00 bits per heavy atom. The number of carbonyl (C=O) groups is 1. The van der Waals surface area contributed by atoms with Gasteiger partial charge in [0.05, 0.1) is 14.2 Å². The van der Waals surface area contributed by atoms with Gasteiger partial charge in [-0.15, -0.1) is 0 Å². The van der Waals surface area contributed by atoms with E-state index in [1.807, 2.05) is 19.9 Å². The molecule has 1 heterocycles. The smallest absolute Gasteiger partial charge is 0.266 e. The van der Waals surface area contributed by atoms with Crippen molar-refractivity contribution in [1.82, 2.24) is 4.90 Å². The summed E-state index contributed by atoms with van der Waals surface area (Å²) in [6.45, 7) is 4.63. The second-order valence-corrected chi connectivity index (χ2v) is 4.87. The minimum absolute atomic E-state index is 0.121. The molecule has 0 bridgehead atoms. The molecule has 2 rings (SSSR count). The molecular weight excluding hydrogens is 304 g/mol. The lowest BCUT2D eigenvalue weighted by atomic mass is 10.1. The molecule has 1 amide bonds. The maximum absolute atomic E-state index is 12.3. The van der Waals surface area contributed by atoms with Gasteiger partial charge in [0.25, 0.3) is 6.08 Å². The number of amides is 1. The van der Waals surface area contributed by atoms with Crippen molar-refractivity contribution in [3.63, 3.8) is 0 Å². The molecule has 0 unspecified atom stereocenters. The molecule has 1 saturated heterocycles. The number of nitrogens with zero attached hydrogens (tertiary/aromatic N) is 1. The molecule has 1 aromatic carbocycles. The van der Waals surface area contributed by atoms with Crippen LogP contribution in [0.1, 0.15) is 25.8 Å². The van der Waals surface area contributed by atoms with E-state index in [0.717, 1.165) is 11.6 Å². The number of likely N-dealkylation sites (tertiary alicyclic amines) is 1. The second kappa shape index (κ2) is 9.12. The predicted molar refractivity (Wildman–Crippen MR) is 84.7 cm³/mol. The zero-order valence-electron chi connectivity index (χ0n) is 13.9. The molecule has 1 atom stereocenters. The number of benzene rings is 1. The first-order chi connectivity index (χ1) is 11.0. The van der Waals surface area contributed by atoms with Gasteiger partial charge in [0.15, 0.2) is 0 Å². The van der Waals surface area contributed by atoms with Gasteiger partial charge in [-0.25, -0.2) is 0 Å². The van der Waals surface area contributed by atoms with E-state index in [1.54, 1.807) is 24.1 Å². The molecule has 0 saturated carbocycles. The van der Waals surface area contributed by atoms with Gasteiger partial charge in [-0.1, -0.05) is 13.8 Å². The molecule has 23 heavy (non-hydrogen) atoms. The standard InChI is InChI=1S/C15H17F2NO3.C2H6/c1-20-12-4-3-11(13(7-12)21-2)9-18-8-10(5-14(16)17)6-15(18)19;1-2/h3-5,7,10H,6,8-9H2,1-2H3;1-2H3/t10-;/m0./s1. The van der Waals surface area contributed by atoms with E-state index in [4.69, 9.17) is 9.47 Å². The van der Waals surface area contributed by atoms with E-state index >= 15 is 0 Å². The van der Waals surface area contributed by atoms with Crippen LogP contribution < -0.4 is 9.47 Å². The van der Waals surface area contributed by atoms with Crippen molar-refractivity contribution in [1.29, 1.82) is 0 Å². The van der Waals surface area contributed by atoms with Crippen LogP contribution in [0.2, 0.25) is 0 Å². The maximum Gasteiger partial charge on any atom is 0.266 e. The van der Waals surface area contributed by atoms with Crippen molar-refractivity contribution < 1.29 is 23.0 Å². The summed E-state index contributed by atoms with van der Waals surface area (Å²) in [7, 11) is 3.09. The van der Waals surface area contributed by atoms with Crippen LogP contribution >= 0.6 is 0 Å². The average Bonchev–Trinajstić information content (AvgIpc) is 2.88. The van der Waals surface area contributed by atoms with Gasteiger partial charge in [0.2, 0.25) is 5.91 Å². The lowest BCUT2D eigenvalue weighted by Gasteiger charge is -2.18. The van der Waals surface area contributed by atoms with Crippen molar-refractivity contribution >= 4 is 5.91 Å². The summed E-state index contributed by atoms with van der Waals surface area (Å²) >= 11 is 0. The first-order valence-corrected chi connectivity index (χ1v) is 7.55. The van der Waals surface area contributed by atoms with E-state index in [2.05, 4.69) is 0 Å². The Morgan fingerprint density at radius 1 is 1.30 bits per heavy atom. The number of carbonyl (C=O) groups excluding carboxylic acids is 1. The Morgan fingerprint density at radius 3 is 2.57 bits per heavy atom. The van der Waals surface area contributed by atoms with Crippen LogP contribution in [-0.4, -0.2) is 31.6 Å². The van der Waals surface area contributed by atoms with Crippen LogP contribution in [-0.2, 0) is 11.3 Å². The molecule has 0 radical (unpaired) electrons. The fraction of sp³-hybridized carbons (Fsp3) is 0.471. The third-order valence-electron chi connectivity index (χ3n) is 3.46. The van der Waals surface area contributed by atoms with Crippen LogP contribution in [0, 0.1) is 5.92 Å². The number of hydrogen-bond donors (Lipinski definition) is 0. The second-order valence-electron chi connectivity index (χ2n) is 4.87. The molecule has 1 aromatic rings. The van der Waals surface area contributed by atoms with Crippen molar-refractivity contribution in [2.24, 2.45) is 5.92 Å². The fourth-order valence-electron chi connectivity index (χ4n) is 2.43. The minimum atomic E-state index is -1.74. The van der Waals surface area contributed by atoms with Crippen molar-refractivity contribution in [3.05, 3.63) is 35.9 Å². The number of rotatable bonds is 5. The van der Waals surface area contributed by atoms with Crippen LogP contribution in [0.15, 0.2) is 30.4 Å². The van der Waals surface area contributed by atoms with Gasteiger partial charge in [0, 0.05) is 37.1 Å². The van der Waals surface area contributed by atoms with E-state index in [-0.39, 0.29) is 12.3 Å². The Bertz CT molecular complexity index is 557. The highest BCUT2D eigenvalue weighted by molar-refractivity contribution is 5.79. The molecule has 128 valence electrons. The molecule has 0 N–H and O–H groups in total. The molecule has 6 heteroatoms. The molecule has 0 aliphatic carbocycles. The Labute approximate surface area is 135 Å². The Hall–Kier alpha value is -2.11. The van der Waals surface area contributed by atoms with Crippen LogP contribution in [0.4, 0.5) is 8.78 Å². The summed E-state index contributed by atoms with van der Waals surface area (Å²) in [6, 6.07) is 5.31. The molecule has 1 aliphatic heterocycles. The normalized spacial score (nSPS) is 16.5. The number of halogens is 2. The topological polar surface area (TPSA) is 38.8 Å². The van der Waals surface area contributed by atoms with E-state index in [9.17, 15) is 13.6 Å². The Balaban J connectivity index is 0.00000127.